The van der Waals surface area contributed by atoms with E-state index >= 15 is 0 Å². The van der Waals surface area contributed by atoms with E-state index in [1.807, 2.05) is 24.3 Å². The Labute approximate surface area is 162 Å². The summed E-state index contributed by atoms with van der Waals surface area (Å²) >= 11 is 0. The first-order chi connectivity index (χ1) is 13.7. The molecule has 1 aromatic carbocycles. The van der Waals surface area contributed by atoms with Crippen molar-refractivity contribution in [1.82, 2.24) is 9.88 Å². The summed E-state index contributed by atoms with van der Waals surface area (Å²) in [6.07, 6.45) is 2.96. The summed E-state index contributed by atoms with van der Waals surface area (Å²) in [5.74, 6) is 0.438. The fourth-order valence-corrected chi connectivity index (χ4v) is 3.48. The Morgan fingerprint density at radius 2 is 1.86 bits per heavy atom. The number of nitrogens with zero attached hydrogens (tertiary/aromatic N) is 3. The largest absolute Gasteiger partial charge is 0.490 e. The highest BCUT2D eigenvalue weighted by Gasteiger charge is 2.20. The lowest BCUT2D eigenvalue weighted by Crippen LogP contribution is -2.49. The summed E-state index contributed by atoms with van der Waals surface area (Å²) < 4.78 is 10.9. The number of fused-ring (bicyclic) bond motifs is 1. The Bertz CT molecular complexity index is 968. The molecule has 4 rings (SSSR count). The van der Waals surface area contributed by atoms with E-state index in [0.29, 0.717) is 17.9 Å². The van der Waals surface area contributed by atoms with Gasteiger partial charge in [0.15, 0.2) is 0 Å². The van der Waals surface area contributed by atoms with E-state index in [4.69, 9.17) is 9.15 Å². The van der Waals surface area contributed by atoms with E-state index in [2.05, 4.69) is 14.8 Å². The van der Waals surface area contributed by atoms with Crippen molar-refractivity contribution in [3.8, 4) is 5.75 Å². The topological polar surface area (TPSA) is 79.0 Å². The van der Waals surface area contributed by atoms with Crippen molar-refractivity contribution in [3.63, 3.8) is 0 Å². The molecule has 1 atom stereocenters. The molecule has 1 fully saturated rings. The van der Waals surface area contributed by atoms with Crippen molar-refractivity contribution in [2.45, 2.75) is 6.10 Å². The molecule has 0 saturated carbocycles. The lowest BCUT2D eigenvalue weighted by atomic mass is 10.2. The second kappa shape index (κ2) is 8.41. The van der Waals surface area contributed by atoms with E-state index in [1.54, 1.807) is 24.5 Å². The van der Waals surface area contributed by atoms with Crippen LogP contribution in [-0.4, -0.2) is 60.4 Å². The molecule has 3 aromatic rings. The third-order valence-electron chi connectivity index (χ3n) is 4.91. The lowest BCUT2D eigenvalue weighted by molar-refractivity contribution is 0.0667. The smallest absolute Gasteiger partial charge is 0.339 e. The first-order valence-corrected chi connectivity index (χ1v) is 9.40. The van der Waals surface area contributed by atoms with Gasteiger partial charge in [0.1, 0.15) is 24.0 Å². The van der Waals surface area contributed by atoms with Crippen LogP contribution in [0, 0.1) is 0 Å². The summed E-state index contributed by atoms with van der Waals surface area (Å²) in [7, 11) is 0. The fraction of sp³-hybridized carbons (Fsp3) is 0.333. The Balaban J connectivity index is 1.30. The van der Waals surface area contributed by atoms with Crippen LogP contribution in [0.25, 0.3) is 11.0 Å². The second-order valence-corrected chi connectivity index (χ2v) is 6.88. The van der Waals surface area contributed by atoms with Gasteiger partial charge < -0.3 is 19.2 Å². The van der Waals surface area contributed by atoms with Crippen LogP contribution in [0.5, 0.6) is 5.75 Å². The molecule has 1 aliphatic heterocycles. The summed E-state index contributed by atoms with van der Waals surface area (Å²) in [5, 5.41) is 11.1. The number of hydrogen-bond donors (Lipinski definition) is 1. The molecule has 1 N–H and O–H groups in total. The molecular weight excluding hydrogens is 358 g/mol. The van der Waals surface area contributed by atoms with Crippen LogP contribution < -0.4 is 15.3 Å². The van der Waals surface area contributed by atoms with E-state index < -0.39 is 11.7 Å². The molecule has 0 radical (unpaired) electrons. The number of aromatic nitrogens is 1. The first kappa shape index (κ1) is 18.5. The number of hydrogen-bond acceptors (Lipinski definition) is 7. The number of benzene rings is 1. The minimum atomic E-state index is -0.640. The molecule has 7 nitrogen and oxygen atoms in total. The summed E-state index contributed by atoms with van der Waals surface area (Å²) in [4.78, 5) is 20.3. The maximum absolute atomic E-state index is 11.7. The van der Waals surface area contributed by atoms with E-state index in [0.717, 1.165) is 31.6 Å². The van der Waals surface area contributed by atoms with Crippen molar-refractivity contribution < 1.29 is 14.3 Å². The molecule has 146 valence electrons. The Morgan fingerprint density at radius 1 is 1.11 bits per heavy atom. The third kappa shape index (κ3) is 4.32. The molecule has 0 amide bonds. The molecule has 1 aliphatic rings. The number of anilines is 1. The van der Waals surface area contributed by atoms with Gasteiger partial charge in [-0.25, -0.2) is 4.79 Å². The zero-order chi connectivity index (χ0) is 19.3. The summed E-state index contributed by atoms with van der Waals surface area (Å²) in [6, 6.07) is 12.6. The van der Waals surface area contributed by atoms with Crippen molar-refractivity contribution in [2.75, 3.05) is 44.2 Å². The maximum Gasteiger partial charge on any atom is 0.339 e. The van der Waals surface area contributed by atoms with Gasteiger partial charge in [0.05, 0.1) is 11.5 Å². The molecule has 3 heterocycles. The van der Waals surface area contributed by atoms with E-state index in [1.165, 1.54) is 11.8 Å². The number of para-hydroxylation sites is 1. The van der Waals surface area contributed by atoms with Crippen molar-refractivity contribution in [1.29, 1.82) is 0 Å². The molecule has 0 spiro atoms. The van der Waals surface area contributed by atoms with Crippen LogP contribution >= 0.6 is 0 Å². The van der Waals surface area contributed by atoms with Gasteiger partial charge in [0.25, 0.3) is 0 Å². The molecule has 2 aromatic heterocycles. The first-order valence-electron chi connectivity index (χ1n) is 9.40. The van der Waals surface area contributed by atoms with Crippen LogP contribution in [0.2, 0.25) is 0 Å². The quantitative estimate of drug-likeness (QED) is 0.652. The molecule has 0 bridgehead atoms. The number of rotatable bonds is 6. The van der Waals surface area contributed by atoms with Gasteiger partial charge in [0.2, 0.25) is 0 Å². The molecule has 0 unspecified atom stereocenters. The number of pyridine rings is 1. The van der Waals surface area contributed by atoms with Crippen LogP contribution in [0.4, 0.5) is 5.69 Å². The third-order valence-corrected chi connectivity index (χ3v) is 4.91. The van der Waals surface area contributed by atoms with Crippen molar-refractivity contribution >= 4 is 16.7 Å². The minimum Gasteiger partial charge on any atom is -0.490 e. The average Bonchev–Trinajstić information content (AvgIpc) is 2.73. The van der Waals surface area contributed by atoms with Crippen LogP contribution in [0.3, 0.4) is 0 Å². The number of ether oxygens (including phenoxy) is 1. The normalized spacial score (nSPS) is 16.2. The SMILES string of the molecule is O=c1cc(OC[C@@H](O)CN2CCN(c3ccncc3)CC2)c2ccccc2o1. The van der Waals surface area contributed by atoms with Crippen LogP contribution in [-0.2, 0) is 0 Å². The Morgan fingerprint density at radius 3 is 2.64 bits per heavy atom. The van der Waals surface area contributed by atoms with Crippen LogP contribution in [0.1, 0.15) is 0 Å². The van der Waals surface area contributed by atoms with Gasteiger partial charge in [-0.1, -0.05) is 12.1 Å². The number of piperazine rings is 1. The van der Waals surface area contributed by atoms with E-state index in [9.17, 15) is 9.90 Å². The number of aliphatic hydroxyl groups excluding tert-OH is 1. The fourth-order valence-electron chi connectivity index (χ4n) is 3.48. The van der Waals surface area contributed by atoms with Crippen molar-refractivity contribution in [3.05, 3.63) is 65.3 Å². The monoisotopic (exact) mass is 381 g/mol. The number of aliphatic hydroxyl groups is 1. The van der Waals surface area contributed by atoms with Crippen LogP contribution in [0.15, 0.2) is 64.1 Å². The van der Waals surface area contributed by atoms with Gasteiger partial charge in [-0.2, -0.15) is 0 Å². The van der Waals surface area contributed by atoms with E-state index in [-0.39, 0.29) is 6.61 Å². The molecular formula is C21H23N3O4. The molecule has 1 saturated heterocycles. The summed E-state index contributed by atoms with van der Waals surface area (Å²) in [5.41, 5.74) is 1.19. The van der Waals surface area contributed by atoms with Gasteiger partial charge in [-0.3, -0.25) is 9.88 Å². The zero-order valence-electron chi connectivity index (χ0n) is 15.5. The predicted molar refractivity (Wildman–Crippen MR) is 107 cm³/mol. The molecule has 28 heavy (non-hydrogen) atoms. The molecule has 0 aliphatic carbocycles. The summed E-state index contributed by atoms with van der Waals surface area (Å²) in [6.45, 7) is 4.21. The standard InChI is InChI=1S/C21H23N3O4/c25-17(14-23-9-11-24(12-10-23)16-5-7-22-8-6-16)15-27-20-13-21(26)28-19-4-2-1-3-18(19)20/h1-8,13,17,25H,9-12,14-15H2/t17-/m0/s1. The van der Waals surface area contributed by atoms with Gasteiger partial charge in [-0.15, -0.1) is 0 Å². The minimum absolute atomic E-state index is 0.123. The predicted octanol–water partition coefficient (Wildman–Crippen LogP) is 1.75. The highest BCUT2D eigenvalue weighted by molar-refractivity contribution is 5.82. The Kier molecular flexibility index (Phi) is 5.55. The maximum atomic E-state index is 11.7. The Hall–Kier alpha value is -2.90. The number of β-amino-alcohol motifs (C(OH)–C–C–N with tert-alkyl or cyclic N) is 1. The lowest BCUT2D eigenvalue weighted by Gasteiger charge is -2.36. The second-order valence-electron chi connectivity index (χ2n) is 6.88. The van der Waals surface area contributed by atoms with Gasteiger partial charge >= 0.3 is 5.63 Å². The highest BCUT2D eigenvalue weighted by Crippen LogP contribution is 2.23. The van der Waals surface area contributed by atoms with Gasteiger partial charge in [-0.05, 0) is 24.3 Å². The van der Waals surface area contributed by atoms with Crippen molar-refractivity contribution in [2.24, 2.45) is 0 Å². The highest BCUT2D eigenvalue weighted by atomic mass is 16.5. The molecule has 7 heteroatoms. The van der Waals surface area contributed by atoms with Gasteiger partial charge in [0, 0.05) is 50.8 Å². The average molecular weight is 381 g/mol. The zero-order valence-corrected chi connectivity index (χ0v) is 15.5.